The summed E-state index contributed by atoms with van der Waals surface area (Å²) in [5, 5.41) is 8.93. The summed E-state index contributed by atoms with van der Waals surface area (Å²) < 4.78 is 28.7. The second-order valence-corrected chi connectivity index (χ2v) is 7.79. The molecule has 0 atom stereocenters. The second kappa shape index (κ2) is 6.41. The van der Waals surface area contributed by atoms with Crippen molar-refractivity contribution in [2.75, 3.05) is 13.1 Å². The van der Waals surface area contributed by atoms with Gasteiger partial charge >= 0.3 is 5.97 Å². The molecular weight excluding hydrogens is 280 g/mol. The van der Waals surface area contributed by atoms with Gasteiger partial charge in [0.1, 0.15) is 0 Å². The van der Waals surface area contributed by atoms with Crippen LogP contribution in [-0.2, 0) is 15.0 Å². The Morgan fingerprint density at radius 1 is 1.10 bits per heavy atom. The molecule has 2 N–H and O–H groups in total. The molecule has 0 radical (unpaired) electrons. The number of hydrogen-bond donors (Lipinski definition) is 2. The maximum absolute atomic E-state index is 12.3. The number of carboxylic acids is 1. The Bertz CT molecular complexity index is 435. The lowest BCUT2D eigenvalue weighted by molar-refractivity contribution is -0.142. The van der Waals surface area contributed by atoms with E-state index in [4.69, 9.17) is 5.11 Å². The molecular formula is C13H24N2O4S. The number of rotatable bonds is 4. The molecule has 0 aromatic heterocycles. The first-order valence-electron chi connectivity index (χ1n) is 7.38. The highest BCUT2D eigenvalue weighted by Gasteiger charge is 2.32. The summed E-state index contributed by atoms with van der Waals surface area (Å²) in [4.78, 5) is 10.9. The van der Waals surface area contributed by atoms with Crippen LogP contribution in [-0.4, -0.2) is 42.9 Å². The number of nitrogens with one attached hydrogen (secondary N) is 1. The van der Waals surface area contributed by atoms with Crippen LogP contribution in [0, 0.1) is 11.8 Å². The molecule has 2 fully saturated rings. The zero-order valence-electron chi connectivity index (χ0n) is 11.9. The Morgan fingerprint density at radius 2 is 1.65 bits per heavy atom. The molecule has 0 unspecified atom stereocenters. The van der Waals surface area contributed by atoms with Crippen molar-refractivity contribution in [1.82, 2.24) is 9.03 Å². The monoisotopic (exact) mass is 304 g/mol. The fourth-order valence-corrected chi connectivity index (χ4v) is 4.50. The fraction of sp³-hybridized carbons (Fsp3) is 0.923. The lowest BCUT2D eigenvalue weighted by Crippen LogP contribution is -2.49. The number of nitrogens with zero attached hydrogens (tertiary/aromatic N) is 1. The maximum Gasteiger partial charge on any atom is 0.306 e. The van der Waals surface area contributed by atoms with Gasteiger partial charge in [0.05, 0.1) is 5.92 Å². The zero-order chi connectivity index (χ0) is 14.8. The highest BCUT2D eigenvalue weighted by atomic mass is 32.2. The zero-order valence-corrected chi connectivity index (χ0v) is 12.7. The van der Waals surface area contributed by atoms with Crippen molar-refractivity contribution in [2.45, 2.75) is 51.5 Å². The molecule has 0 aromatic carbocycles. The van der Waals surface area contributed by atoms with Crippen LogP contribution in [0.15, 0.2) is 0 Å². The van der Waals surface area contributed by atoms with Gasteiger partial charge in [-0.25, -0.2) is 0 Å². The molecule has 0 spiro atoms. The first-order valence-corrected chi connectivity index (χ1v) is 8.82. The highest BCUT2D eigenvalue weighted by molar-refractivity contribution is 7.87. The van der Waals surface area contributed by atoms with Gasteiger partial charge in [0.2, 0.25) is 0 Å². The predicted octanol–water partition coefficient (Wildman–Crippen LogP) is 1.20. The Kier molecular flexibility index (Phi) is 5.04. The van der Waals surface area contributed by atoms with Gasteiger partial charge in [0.25, 0.3) is 10.2 Å². The molecule has 1 aliphatic carbocycles. The van der Waals surface area contributed by atoms with E-state index in [1.807, 2.05) is 0 Å². The van der Waals surface area contributed by atoms with Gasteiger partial charge in [-0.2, -0.15) is 17.4 Å². The third-order valence-electron chi connectivity index (χ3n) is 4.47. The van der Waals surface area contributed by atoms with Crippen molar-refractivity contribution >= 4 is 16.2 Å². The van der Waals surface area contributed by atoms with Gasteiger partial charge in [-0.15, -0.1) is 0 Å². The van der Waals surface area contributed by atoms with E-state index in [1.165, 1.54) is 4.31 Å². The molecule has 1 heterocycles. The van der Waals surface area contributed by atoms with Crippen molar-refractivity contribution in [3.05, 3.63) is 0 Å². The van der Waals surface area contributed by atoms with Gasteiger partial charge in [-0.1, -0.05) is 6.92 Å². The molecule has 0 aromatic rings. The Labute approximate surface area is 120 Å². The first-order chi connectivity index (χ1) is 9.38. The molecule has 2 aliphatic rings. The van der Waals surface area contributed by atoms with Gasteiger partial charge in [0.15, 0.2) is 0 Å². The van der Waals surface area contributed by atoms with Crippen LogP contribution in [0.3, 0.4) is 0 Å². The number of hydrogen-bond acceptors (Lipinski definition) is 3. The molecule has 0 amide bonds. The highest BCUT2D eigenvalue weighted by Crippen LogP contribution is 2.25. The van der Waals surface area contributed by atoms with Crippen LogP contribution in [0.5, 0.6) is 0 Å². The number of piperidine rings is 1. The quantitative estimate of drug-likeness (QED) is 0.817. The molecule has 1 saturated heterocycles. The Hall–Kier alpha value is -0.660. The third kappa shape index (κ3) is 3.93. The molecule has 7 heteroatoms. The summed E-state index contributed by atoms with van der Waals surface area (Å²) in [6.45, 7) is 2.80. The average molecular weight is 304 g/mol. The summed E-state index contributed by atoms with van der Waals surface area (Å²) in [7, 11) is -3.46. The van der Waals surface area contributed by atoms with Crippen molar-refractivity contribution in [1.29, 1.82) is 0 Å². The summed E-state index contributed by atoms with van der Waals surface area (Å²) in [6, 6.07) is 0.0356. The van der Waals surface area contributed by atoms with E-state index < -0.39 is 22.1 Å². The summed E-state index contributed by atoms with van der Waals surface area (Å²) in [5.74, 6) is -0.546. The molecule has 6 nitrogen and oxygen atoms in total. The number of carbonyl (C=O) groups is 1. The van der Waals surface area contributed by atoms with Crippen LogP contribution in [0.1, 0.15) is 45.4 Å². The van der Waals surface area contributed by atoms with E-state index in [1.54, 1.807) is 0 Å². The molecule has 0 bridgehead atoms. The van der Waals surface area contributed by atoms with Crippen LogP contribution < -0.4 is 4.72 Å². The van der Waals surface area contributed by atoms with Gasteiger partial charge in [0, 0.05) is 19.1 Å². The van der Waals surface area contributed by atoms with Crippen molar-refractivity contribution in [3.63, 3.8) is 0 Å². The molecule has 116 valence electrons. The number of aliphatic carboxylic acids is 1. The molecule has 1 saturated carbocycles. The third-order valence-corrected chi connectivity index (χ3v) is 6.15. The van der Waals surface area contributed by atoms with E-state index in [0.29, 0.717) is 31.8 Å². The van der Waals surface area contributed by atoms with Gasteiger partial charge < -0.3 is 5.11 Å². The van der Waals surface area contributed by atoms with E-state index in [0.717, 1.165) is 25.7 Å². The Balaban J connectivity index is 1.86. The second-order valence-electron chi connectivity index (χ2n) is 6.09. The smallest absolute Gasteiger partial charge is 0.306 e. The van der Waals surface area contributed by atoms with Crippen LogP contribution in [0.2, 0.25) is 0 Å². The largest absolute Gasteiger partial charge is 0.481 e. The topological polar surface area (TPSA) is 86.7 Å². The van der Waals surface area contributed by atoms with E-state index in [2.05, 4.69) is 11.6 Å². The van der Waals surface area contributed by atoms with E-state index >= 15 is 0 Å². The lowest BCUT2D eigenvalue weighted by Gasteiger charge is -2.32. The van der Waals surface area contributed by atoms with Crippen LogP contribution in [0.4, 0.5) is 0 Å². The summed E-state index contributed by atoms with van der Waals surface area (Å²) in [6.07, 6.45) is 4.72. The number of carboxylic acid groups (broad SMARTS) is 1. The summed E-state index contributed by atoms with van der Waals surface area (Å²) >= 11 is 0. The van der Waals surface area contributed by atoms with Gasteiger partial charge in [-0.3, -0.25) is 4.79 Å². The van der Waals surface area contributed by atoms with E-state index in [-0.39, 0.29) is 6.04 Å². The minimum Gasteiger partial charge on any atom is -0.481 e. The van der Waals surface area contributed by atoms with E-state index in [9.17, 15) is 13.2 Å². The average Bonchev–Trinajstić information content (AvgIpc) is 2.41. The fourth-order valence-electron chi connectivity index (χ4n) is 3.01. The van der Waals surface area contributed by atoms with Crippen molar-refractivity contribution in [3.8, 4) is 0 Å². The van der Waals surface area contributed by atoms with Crippen molar-refractivity contribution in [2.24, 2.45) is 11.8 Å². The molecule has 1 aliphatic heterocycles. The maximum atomic E-state index is 12.3. The first kappa shape index (κ1) is 15.7. The standard InChI is InChI=1S/C13H24N2O4S/c1-10-2-4-12(5-3-10)14-20(18,19)15-8-6-11(7-9-15)13(16)17/h10-12,14H,2-9H2,1H3,(H,16,17). The molecule has 20 heavy (non-hydrogen) atoms. The minimum absolute atomic E-state index is 0.0356. The summed E-state index contributed by atoms with van der Waals surface area (Å²) in [5.41, 5.74) is 0. The van der Waals surface area contributed by atoms with Gasteiger partial charge in [-0.05, 0) is 44.4 Å². The van der Waals surface area contributed by atoms with Crippen molar-refractivity contribution < 1.29 is 18.3 Å². The normalized spacial score (nSPS) is 30.2. The van der Waals surface area contributed by atoms with Crippen LogP contribution in [0.25, 0.3) is 0 Å². The molecule has 2 rings (SSSR count). The van der Waals surface area contributed by atoms with Crippen LogP contribution >= 0.6 is 0 Å². The predicted molar refractivity (Wildman–Crippen MR) is 75.4 cm³/mol. The SMILES string of the molecule is CC1CCC(NS(=O)(=O)N2CCC(C(=O)O)CC2)CC1. The minimum atomic E-state index is -3.46. The Morgan fingerprint density at radius 3 is 2.15 bits per heavy atom. The lowest BCUT2D eigenvalue weighted by atomic mass is 9.88.